The Kier molecular flexibility index (Phi) is 4.01. The highest BCUT2D eigenvalue weighted by Gasteiger charge is 2.31. The van der Waals surface area contributed by atoms with Gasteiger partial charge in [0.15, 0.2) is 0 Å². The van der Waals surface area contributed by atoms with E-state index in [9.17, 15) is 0 Å². The van der Waals surface area contributed by atoms with Crippen molar-refractivity contribution < 1.29 is 0 Å². The topological polar surface area (TPSA) is 0 Å². The highest BCUT2D eigenvalue weighted by atomic mass is 35.5. The molecule has 1 atom stereocenters. The number of hydrogen-bond acceptors (Lipinski definition) is 0. The van der Waals surface area contributed by atoms with Gasteiger partial charge in [0.25, 0.3) is 0 Å². The van der Waals surface area contributed by atoms with E-state index in [0.717, 1.165) is 0 Å². The lowest BCUT2D eigenvalue weighted by molar-refractivity contribution is 1.24. The second kappa shape index (κ2) is 6.20. The summed E-state index contributed by atoms with van der Waals surface area (Å²) >= 11 is 6.97. The normalized spacial score (nSPS) is 16.2. The molecule has 25 heavy (non-hydrogen) atoms. The lowest BCUT2D eigenvalue weighted by Crippen LogP contribution is -1.92. The first kappa shape index (κ1) is 16.2. The molecule has 1 unspecified atom stereocenters. The van der Waals surface area contributed by atoms with Crippen LogP contribution in [0.2, 0.25) is 0 Å². The molecular formula is C24H21Cl. The fraction of sp³-hybridized carbons (Fsp3) is 0.167. The third kappa shape index (κ3) is 2.81. The average Bonchev–Trinajstić information content (AvgIpc) is 2.89. The summed E-state index contributed by atoms with van der Waals surface area (Å²) in [6.45, 7) is 6.36. The minimum atomic E-state index is -0.117. The van der Waals surface area contributed by atoms with Gasteiger partial charge in [-0.3, -0.25) is 0 Å². The maximum Gasteiger partial charge on any atom is 0.0853 e. The maximum absolute atomic E-state index is 6.97. The van der Waals surface area contributed by atoms with Crippen LogP contribution in [0.4, 0.5) is 0 Å². The molecule has 0 N–H and O–H groups in total. The van der Waals surface area contributed by atoms with E-state index in [1.165, 1.54) is 50.1 Å². The van der Waals surface area contributed by atoms with Crippen LogP contribution in [-0.2, 0) is 0 Å². The van der Waals surface area contributed by atoms with Crippen molar-refractivity contribution in [2.45, 2.75) is 26.1 Å². The highest BCUT2D eigenvalue weighted by molar-refractivity contribution is 6.31. The van der Waals surface area contributed by atoms with Crippen molar-refractivity contribution in [1.82, 2.24) is 0 Å². The standard InChI is InChI=1S/C24H21Cl/c1-15-4-9-18(10-5-15)22-20-13-8-17(3)14-21(20)24(25)23(22)19-11-6-16(2)7-12-19/h4-14,24H,1-3H3. The molecule has 0 spiro atoms. The molecular weight excluding hydrogens is 324 g/mol. The van der Waals surface area contributed by atoms with Crippen molar-refractivity contribution in [3.8, 4) is 0 Å². The van der Waals surface area contributed by atoms with Gasteiger partial charge in [0.1, 0.15) is 0 Å². The van der Waals surface area contributed by atoms with Crippen molar-refractivity contribution in [1.29, 1.82) is 0 Å². The van der Waals surface area contributed by atoms with E-state index in [1.807, 2.05) is 0 Å². The molecule has 0 bridgehead atoms. The molecule has 3 aromatic rings. The molecule has 124 valence electrons. The zero-order valence-electron chi connectivity index (χ0n) is 14.8. The van der Waals surface area contributed by atoms with E-state index in [2.05, 4.69) is 87.5 Å². The summed E-state index contributed by atoms with van der Waals surface area (Å²) in [5.41, 5.74) is 11.2. The zero-order chi connectivity index (χ0) is 17.6. The molecule has 1 aliphatic rings. The van der Waals surface area contributed by atoms with Crippen LogP contribution in [-0.4, -0.2) is 0 Å². The van der Waals surface area contributed by atoms with Crippen LogP contribution in [0.5, 0.6) is 0 Å². The summed E-state index contributed by atoms with van der Waals surface area (Å²) in [6, 6.07) is 24.1. The fourth-order valence-electron chi connectivity index (χ4n) is 3.60. The van der Waals surface area contributed by atoms with Crippen molar-refractivity contribution in [2.75, 3.05) is 0 Å². The van der Waals surface area contributed by atoms with Gasteiger partial charge < -0.3 is 0 Å². The number of rotatable bonds is 2. The number of benzene rings is 3. The molecule has 0 saturated carbocycles. The maximum atomic E-state index is 6.97. The molecule has 3 aromatic carbocycles. The van der Waals surface area contributed by atoms with Gasteiger partial charge in [-0.2, -0.15) is 0 Å². The number of hydrogen-bond donors (Lipinski definition) is 0. The van der Waals surface area contributed by atoms with Crippen LogP contribution in [0.25, 0.3) is 11.1 Å². The molecule has 0 amide bonds. The minimum Gasteiger partial charge on any atom is -0.113 e. The third-order valence-electron chi connectivity index (χ3n) is 4.98. The Bertz CT molecular complexity index is 960. The predicted octanol–water partition coefficient (Wildman–Crippen LogP) is 6.86. The fourth-order valence-corrected chi connectivity index (χ4v) is 4.02. The first-order chi connectivity index (χ1) is 12.0. The Morgan fingerprint density at radius 3 is 1.76 bits per heavy atom. The number of halogens is 1. The van der Waals surface area contributed by atoms with Gasteiger partial charge in [-0.25, -0.2) is 0 Å². The molecule has 1 aliphatic carbocycles. The van der Waals surface area contributed by atoms with E-state index in [-0.39, 0.29) is 5.38 Å². The molecule has 0 fully saturated rings. The van der Waals surface area contributed by atoms with E-state index >= 15 is 0 Å². The second-order valence-corrected chi connectivity index (χ2v) is 7.41. The zero-order valence-corrected chi connectivity index (χ0v) is 15.6. The summed E-state index contributed by atoms with van der Waals surface area (Å²) in [4.78, 5) is 0. The lowest BCUT2D eigenvalue weighted by Gasteiger charge is -2.12. The molecule has 0 aromatic heterocycles. The molecule has 0 nitrogen and oxygen atoms in total. The first-order valence-electron chi connectivity index (χ1n) is 8.68. The minimum absolute atomic E-state index is 0.117. The Balaban J connectivity index is 1.99. The number of aryl methyl sites for hydroxylation is 3. The summed E-state index contributed by atoms with van der Waals surface area (Å²) in [5.74, 6) is 0. The first-order valence-corrected chi connectivity index (χ1v) is 9.11. The van der Waals surface area contributed by atoms with Gasteiger partial charge in [-0.1, -0.05) is 83.4 Å². The predicted molar refractivity (Wildman–Crippen MR) is 108 cm³/mol. The van der Waals surface area contributed by atoms with Crippen LogP contribution in [0.1, 0.15) is 44.3 Å². The Hall–Kier alpha value is -2.31. The van der Waals surface area contributed by atoms with Gasteiger partial charge in [-0.15, -0.1) is 11.6 Å². The molecule has 0 saturated heterocycles. The summed E-state index contributed by atoms with van der Waals surface area (Å²) < 4.78 is 0. The van der Waals surface area contributed by atoms with Crippen LogP contribution >= 0.6 is 11.6 Å². The van der Waals surface area contributed by atoms with Crippen molar-refractivity contribution in [3.63, 3.8) is 0 Å². The van der Waals surface area contributed by atoms with Crippen molar-refractivity contribution >= 4 is 22.7 Å². The Labute approximate surface area is 154 Å². The molecule has 1 heteroatoms. The summed E-state index contributed by atoms with van der Waals surface area (Å²) in [7, 11) is 0. The Morgan fingerprint density at radius 1 is 0.640 bits per heavy atom. The van der Waals surface area contributed by atoms with E-state index in [4.69, 9.17) is 11.6 Å². The number of allylic oxidation sites excluding steroid dienone is 1. The van der Waals surface area contributed by atoms with Crippen molar-refractivity contribution in [2.24, 2.45) is 0 Å². The smallest absolute Gasteiger partial charge is 0.0853 e. The third-order valence-corrected chi connectivity index (χ3v) is 5.43. The van der Waals surface area contributed by atoms with Crippen molar-refractivity contribution in [3.05, 3.63) is 106 Å². The van der Waals surface area contributed by atoms with Gasteiger partial charge >= 0.3 is 0 Å². The van der Waals surface area contributed by atoms with Crippen LogP contribution < -0.4 is 0 Å². The van der Waals surface area contributed by atoms with Gasteiger partial charge in [-0.05, 0) is 54.2 Å². The van der Waals surface area contributed by atoms with Gasteiger partial charge in [0.2, 0.25) is 0 Å². The largest absolute Gasteiger partial charge is 0.113 e. The van der Waals surface area contributed by atoms with E-state index in [1.54, 1.807) is 0 Å². The quantitative estimate of drug-likeness (QED) is 0.445. The molecule has 0 heterocycles. The Morgan fingerprint density at radius 2 is 1.16 bits per heavy atom. The molecule has 4 rings (SSSR count). The van der Waals surface area contributed by atoms with Crippen LogP contribution in [0, 0.1) is 20.8 Å². The monoisotopic (exact) mass is 344 g/mol. The summed E-state index contributed by atoms with van der Waals surface area (Å²) in [5, 5.41) is -0.117. The average molecular weight is 345 g/mol. The van der Waals surface area contributed by atoms with Crippen LogP contribution in [0.15, 0.2) is 66.7 Å². The van der Waals surface area contributed by atoms with Gasteiger partial charge in [0, 0.05) is 0 Å². The second-order valence-electron chi connectivity index (χ2n) is 6.97. The summed E-state index contributed by atoms with van der Waals surface area (Å²) in [6.07, 6.45) is 0. The van der Waals surface area contributed by atoms with Crippen LogP contribution in [0.3, 0.4) is 0 Å². The molecule has 0 radical (unpaired) electrons. The SMILES string of the molecule is Cc1ccc(C2=C(c3ccc(C)cc3)C(Cl)c3cc(C)ccc32)cc1. The highest BCUT2D eigenvalue weighted by Crippen LogP contribution is 2.51. The lowest BCUT2D eigenvalue weighted by atomic mass is 9.93. The number of alkyl halides is 1. The number of fused-ring (bicyclic) bond motifs is 1. The van der Waals surface area contributed by atoms with E-state index < -0.39 is 0 Å². The van der Waals surface area contributed by atoms with Gasteiger partial charge in [0.05, 0.1) is 5.38 Å². The van der Waals surface area contributed by atoms with E-state index in [0.29, 0.717) is 0 Å². The molecule has 0 aliphatic heterocycles.